The highest BCUT2D eigenvalue weighted by molar-refractivity contribution is 7.15. The zero-order valence-electron chi connectivity index (χ0n) is 9.10. The Morgan fingerprint density at radius 3 is 2.53 bits per heavy atom. The van der Waals surface area contributed by atoms with E-state index in [0.717, 1.165) is 6.07 Å². The van der Waals surface area contributed by atoms with Gasteiger partial charge in [0.05, 0.1) is 10.6 Å². The lowest BCUT2D eigenvalue weighted by atomic mass is 10.3. The Morgan fingerprint density at radius 2 is 1.84 bits per heavy atom. The number of hydrogen-bond donors (Lipinski definition) is 0. The highest BCUT2D eigenvalue weighted by Crippen LogP contribution is 2.37. The average molecular weight is 283 g/mol. The largest absolute Gasteiger partial charge is 0.425 e. The van der Waals surface area contributed by atoms with Gasteiger partial charge in [-0.3, -0.25) is 0 Å². The summed E-state index contributed by atoms with van der Waals surface area (Å²) >= 11 is 0.594. The number of alkyl halides is 3. The van der Waals surface area contributed by atoms with Gasteiger partial charge in [-0.2, -0.15) is 23.2 Å². The summed E-state index contributed by atoms with van der Waals surface area (Å²) in [4.78, 5) is 21.8. The van der Waals surface area contributed by atoms with Gasteiger partial charge in [-0.1, -0.05) is 0 Å². The van der Waals surface area contributed by atoms with Crippen molar-refractivity contribution in [2.24, 2.45) is 9.98 Å². The van der Waals surface area contributed by atoms with Crippen LogP contribution in [-0.4, -0.2) is 11.0 Å². The number of fused-ring (bicyclic) bond motifs is 1. The molecule has 2 aromatic heterocycles. The van der Waals surface area contributed by atoms with Crippen LogP contribution in [-0.2, 0) is 6.18 Å². The maximum atomic E-state index is 12.5. The summed E-state index contributed by atoms with van der Waals surface area (Å²) < 4.78 is 37.5. The molecule has 0 aliphatic carbocycles. The lowest BCUT2D eigenvalue weighted by molar-refractivity contribution is -0.134. The number of hydrogen-bond acceptors (Lipinski definition) is 3. The van der Waals surface area contributed by atoms with Crippen molar-refractivity contribution in [3.63, 3.8) is 0 Å². The van der Waals surface area contributed by atoms with Crippen LogP contribution in [0.25, 0.3) is 10.6 Å². The molecule has 19 heavy (non-hydrogen) atoms. The van der Waals surface area contributed by atoms with E-state index in [1.807, 2.05) is 0 Å². The van der Waals surface area contributed by atoms with E-state index < -0.39 is 17.1 Å². The zero-order chi connectivity index (χ0) is 13.6. The minimum Gasteiger partial charge on any atom is -0.244 e. The van der Waals surface area contributed by atoms with E-state index in [-0.39, 0.29) is 5.49 Å². The third-order valence-electron chi connectivity index (χ3n) is 2.41. The van der Waals surface area contributed by atoms with Crippen LogP contribution in [0.4, 0.5) is 18.0 Å². The van der Waals surface area contributed by atoms with Gasteiger partial charge in [0.2, 0.25) is 0 Å². The quantitative estimate of drug-likeness (QED) is 0.805. The molecule has 0 N–H and O–H groups in total. The molecule has 0 unspecified atom stereocenters. The summed E-state index contributed by atoms with van der Waals surface area (Å²) in [5.41, 5.74) is 0.484. The van der Waals surface area contributed by atoms with Crippen LogP contribution in [0.3, 0.4) is 0 Å². The van der Waals surface area contributed by atoms with E-state index >= 15 is 0 Å². The van der Waals surface area contributed by atoms with Gasteiger partial charge < -0.3 is 0 Å². The first kappa shape index (κ1) is 12.0. The molecule has 0 bridgehead atoms. The summed E-state index contributed by atoms with van der Waals surface area (Å²) in [6.45, 7) is 0. The topological polar surface area (TPSA) is 54.7 Å². The molecular formula is C11H4F3N3OS. The normalized spacial score (nSPS) is 13.9. The van der Waals surface area contributed by atoms with Crippen LogP contribution in [0.15, 0.2) is 34.3 Å². The molecule has 96 valence electrons. The molecule has 0 atom stereocenters. The minimum atomic E-state index is -4.37. The van der Waals surface area contributed by atoms with Crippen molar-refractivity contribution in [1.29, 1.82) is 0 Å². The summed E-state index contributed by atoms with van der Waals surface area (Å²) in [5, 5.41) is 0.335. The number of halogens is 3. The number of carbonyl (C=O) groups is 1. The van der Waals surface area contributed by atoms with Crippen LogP contribution in [0.5, 0.6) is 0 Å². The molecule has 0 saturated heterocycles. The number of rotatable bonds is 1. The SMILES string of the molecule is O=C1N=c2ccc(-c3ccc(C(F)(F)F)s3)nc2=N1. The van der Waals surface area contributed by atoms with Gasteiger partial charge in [-0.15, -0.1) is 11.3 Å². The predicted molar refractivity (Wildman–Crippen MR) is 60.3 cm³/mol. The highest BCUT2D eigenvalue weighted by Gasteiger charge is 2.32. The number of aromatic nitrogens is 1. The molecule has 2 aromatic rings. The van der Waals surface area contributed by atoms with Crippen LogP contribution >= 0.6 is 11.3 Å². The third kappa shape index (κ3) is 2.14. The average Bonchev–Trinajstić information content (AvgIpc) is 2.90. The van der Waals surface area contributed by atoms with Crippen molar-refractivity contribution >= 4 is 17.4 Å². The Hall–Kier alpha value is -2.09. The molecule has 3 rings (SSSR count). The Morgan fingerprint density at radius 1 is 1.05 bits per heavy atom. The zero-order valence-corrected chi connectivity index (χ0v) is 9.92. The van der Waals surface area contributed by atoms with Gasteiger partial charge in [0, 0.05) is 0 Å². The standard InChI is InChI=1S/C11H4F3N3OS/c12-11(13,14)8-4-3-7(19-8)5-1-2-6-9(15-5)17-10(18)16-6/h1-4H. The monoisotopic (exact) mass is 283 g/mol. The van der Waals surface area contributed by atoms with Crippen LogP contribution < -0.4 is 10.8 Å². The number of thiophene rings is 1. The Bertz CT molecular complexity index is 794. The van der Waals surface area contributed by atoms with Crippen molar-refractivity contribution in [2.45, 2.75) is 6.18 Å². The predicted octanol–water partition coefficient (Wildman–Crippen LogP) is 2.20. The van der Waals surface area contributed by atoms with Crippen molar-refractivity contribution < 1.29 is 18.0 Å². The molecule has 3 heterocycles. The van der Waals surface area contributed by atoms with Crippen molar-refractivity contribution in [1.82, 2.24) is 4.98 Å². The van der Waals surface area contributed by atoms with E-state index in [1.54, 1.807) is 0 Å². The van der Waals surface area contributed by atoms with E-state index in [0.29, 0.717) is 27.3 Å². The molecular weight excluding hydrogens is 279 g/mol. The van der Waals surface area contributed by atoms with Crippen molar-refractivity contribution in [3.8, 4) is 10.6 Å². The molecule has 2 amide bonds. The maximum absolute atomic E-state index is 12.5. The summed E-state index contributed by atoms with van der Waals surface area (Å²) in [6, 6.07) is 4.72. The number of urea groups is 1. The van der Waals surface area contributed by atoms with Gasteiger partial charge in [0.25, 0.3) is 0 Å². The lowest BCUT2D eigenvalue weighted by Gasteiger charge is -2.00. The third-order valence-corrected chi connectivity index (χ3v) is 3.56. The lowest BCUT2D eigenvalue weighted by Crippen LogP contribution is -2.25. The van der Waals surface area contributed by atoms with Crippen LogP contribution in [0.2, 0.25) is 0 Å². The molecule has 1 aliphatic rings. The minimum absolute atomic E-state index is 0.143. The van der Waals surface area contributed by atoms with E-state index in [9.17, 15) is 18.0 Å². The van der Waals surface area contributed by atoms with Gasteiger partial charge in [-0.25, -0.2) is 9.78 Å². The van der Waals surface area contributed by atoms with E-state index in [2.05, 4.69) is 15.0 Å². The first-order chi connectivity index (χ1) is 8.93. The second-order valence-corrected chi connectivity index (χ2v) is 4.79. The van der Waals surface area contributed by atoms with Gasteiger partial charge in [-0.05, 0) is 24.3 Å². The molecule has 4 nitrogen and oxygen atoms in total. The maximum Gasteiger partial charge on any atom is 0.425 e. The number of amides is 2. The van der Waals surface area contributed by atoms with Crippen LogP contribution in [0, 0.1) is 0 Å². The number of carbonyl (C=O) groups excluding carboxylic acids is 1. The number of nitrogens with zero attached hydrogens (tertiary/aromatic N) is 3. The molecule has 0 fully saturated rings. The smallest absolute Gasteiger partial charge is 0.244 e. The van der Waals surface area contributed by atoms with Crippen molar-refractivity contribution in [2.75, 3.05) is 0 Å². The molecule has 0 saturated carbocycles. The Balaban J connectivity index is 2.08. The fourth-order valence-corrected chi connectivity index (χ4v) is 2.44. The Kier molecular flexibility index (Phi) is 2.49. The fourth-order valence-electron chi connectivity index (χ4n) is 1.59. The van der Waals surface area contributed by atoms with Crippen molar-refractivity contribution in [3.05, 3.63) is 40.0 Å². The van der Waals surface area contributed by atoms with E-state index in [1.165, 1.54) is 18.2 Å². The molecule has 0 radical (unpaired) electrons. The molecule has 0 aromatic carbocycles. The van der Waals surface area contributed by atoms with Crippen LogP contribution in [0.1, 0.15) is 4.88 Å². The fraction of sp³-hybridized carbons (Fsp3) is 0.0909. The molecule has 8 heteroatoms. The second-order valence-electron chi connectivity index (χ2n) is 3.71. The molecule has 1 aliphatic heterocycles. The van der Waals surface area contributed by atoms with E-state index in [4.69, 9.17) is 0 Å². The van der Waals surface area contributed by atoms with Gasteiger partial charge >= 0.3 is 12.2 Å². The number of pyridine rings is 1. The molecule has 0 spiro atoms. The summed E-state index contributed by atoms with van der Waals surface area (Å²) in [6.07, 6.45) is -4.37. The van der Waals surface area contributed by atoms with Gasteiger partial charge in [0.15, 0.2) is 5.49 Å². The second kappa shape index (κ2) is 3.95. The summed E-state index contributed by atoms with van der Waals surface area (Å²) in [5.74, 6) is 0. The Labute approximate surface area is 108 Å². The first-order valence-corrected chi connectivity index (χ1v) is 5.91. The first-order valence-electron chi connectivity index (χ1n) is 5.09. The highest BCUT2D eigenvalue weighted by atomic mass is 32.1. The summed E-state index contributed by atoms with van der Waals surface area (Å²) in [7, 11) is 0. The van der Waals surface area contributed by atoms with Gasteiger partial charge in [0.1, 0.15) is 10.2 Å².